The number of methoxy groups -OCH3 is 1. The van der Waals surface area contributed by atoms with Gasteiger partial charge in [0.1, 0.15) is 5.75 Å². The zero-order chi connectivity index (χ0) is 14.1. The van der Waals surface area contributed by atoms with E-state index in [1.54, 1.807) is 25.3 Å². The molecule has 2 aliphatic heterocycles. The van der Waals surface area contributed by atoms with Gasteiger partial charge in [-0.2, -0.15) is 0 Å². The summed E-state index contributed by atoms with van der Waals surface area (Å²) in [6.07, 6.45) is 2.43. The topological polar surface area (TPSA) is 32.8 Å². The van der Waals surface area contributed by atoms with Gasteiger partial charge in [0.2, 0.25) is 0 Å². The zero-order valence-corrected chi connectivity index (χ0v) is 12.4. The van der Waals surface area contributed by atoms with Crippen molar-refractivity contribution in [1.29, 1.82) is 0 Å². The van der Waals surface area contributed by atoms with Crippen LogP contribution in [0.15, 0.2) is 18.2 Å². The number of nitrogens with zero attached hydrogens (tertiary/aromatic N) is 2. The molecule has 2 heterocycles. The van der Waals surface area contributed by atoms with Crippen LogP contribution in [0.3, 0.4) is 0 Å². The highest BCUT2D eigenvalue weighted by Crippen LogP contribution is 2.27. The summed E-state index contributed by atoms with van der Waals surface area (Å²) >= 11 is 6.01. The number of ether oxygens (including phenoxy) is 1. The van der Waals surface area contributed by atoms with E-state index in [2.05, 4.69) is 4.90 Å². The van der Waals surface area contributed by atoms with Crippen LogP contribution in [0.1, 0.15) is 23.2 Å². The molecule has 3 rings (SSSR count). The third-order valence-corrected chi connectivity index (χ3v) is 4.50. The molecule has 0 radical (unpaired) electrons. The number of halogens is 1. The molecule has 0 N–H and O–H groups in total. The molecule has 4 nitrogen and oxygen atoms in total. The van der Waals surface area contributed by atoms with Crippen molar-refractivity contribution >= 4 is 17.5 Å². The number of hydrogen-bond donors (Lipinski definition) is 0. The van der Waals surface area contributed by atoms with Gasteiger partial charge in [-0.1, -0.05) is 11.6 Å². The predicted molar refractivity (Wildman–Crippen MR) is 78.5 cm³/mol. The quantitative estimate of drug-likeness (QED) is 0.839. The smallest absolute Gasteiger partial charge is 0.257 e. The Kier molecular flexibility index (Phi) is 3.85. The molecule has 1 amide bonds. The summed E-state index contributed by atoms with van der Waals surface area (Å²) in [6, 6.07) is 5.72. The van der Waals surface area contributed by atoms with E-state index in [1.165, 1.54) is 19.4 Å². The molecule has 0 spiro atoms. The highest BCUT2D eigenvalue weighted by molar-refractivity contribution is 6.31. The predicted octanol–water partition coefficient (Wildman–Crippen LogP) is 2.27. The lowest BCUT2D eigenvalue weighted by Crippen LogP contribution is -2.52. The number of fused-ring (bicyclic) bond motifs is 1. The molecule has 2 fully saturated rings. The molecular formula is C15H19ClN2O2. The Labute approximate surface area is 124 Å². The maximum absolute atomic E-state index is 12.7. The van der Waals surface area contributed by atoms with Crippen LogP contribution in [0, 0.1) is 0 Å². The fourth-order valence-corrected chi connectivity index (χ4v) is 3.37. The molecule has 20 heavy (non-hydrogen) atoms. The lowest BCUT2D eigenvalue weighted by molar-refractivity contribution is 0.0568. The van der Waals surface area contributed by atoms with Crippen molar-refractivity contribution in [3.8, 4) is 5.75 Å². The monoisotopic (exact) mass is 294 g/mol. The number of hydrogen-bond acceptors (Lipinski definition) is 3. The summed E-state index contributed by atoms with van der Waals surface area (Å²) in [4.78, 5) is 17.1. The highest BCUT2D eigenvalue weighted by atomic mass is 35.5. The Morgan fingerprint density at radius 1 is 1.35 bits per heavy atom. The number of amides is 1. The Morgan fingerprint density at radius 2 is 2.20 bits per heavy atom. The number of benzene rings is 1. The van der Waals surface area contributed by atoms with Gasteiger partial charge in [-0.15, -0.1) is 0 Å². The second kappa shape index (κ2) is 5.62. The Bertz CT molecular complexity index is 521. The van der Waals surface area contributed by atoms with Crippen LogP contribution in [0.25, 0.3) is 0 Å². The van der Waals surface area contributed by atoms with E-state index in [9.17, 15) is 4.79 Å². The normalized spacial score (nSPS) is 22.7. The summed E-state index contributed by atoms with van der Waals surface area (Å²) in [7, 11) is 1.58. The fraction of sp³-hybridized carbons (Fsp3) is 0.533. The van der Waals surface area contributed by atoms with Gasteiger partial charge in [0.05, 0.1) is 12.7 Å². The minimum absolute atomic E-state index is 0.0240. The minimum atomic E-state index is 0.0240. The van der Waals surface area contributed by atoms with Crippen molar-refractivity contribution in [2.24, 2.45) is 0 Å². The van der Waals surface area contributed by atoms with Crippen molar-refractivity contribution in [2.75, 3.05) is 33.3 Å². The van der Waals surface area contributed by atoms with Gasteiger partial charge in [0.25, 0.3) is 5.91 Å². The maximum Gasteiger partial charge on any atom is 0.257 e. The average molecular weight is 295 g/mol. The molecule has 0 bridgehead atoms. The van der Waals surface area contributed by atoms with E-state index in [0.29, 0.717) is 22.4 Å². The van der Waals surface area contributed by atoms with Crippen LogP contribution < -0.4 is 4.74 Å². The van der Waals surface area contributed by atoms with Crippen molar-refractivity contribution in [2.45, 2.75) is 18.9 Å². The first-order valence-electron chi connectivity index (χ1n) is 7.06. The van der Waals surface area contributed by atoms with E-state index in [4.69, 9.17) is 16.3 Å². The highest BCUT2D eigenvalue weighted by Gasteiger charge is 2.33. The van der Waals surface area contributed by atoms with E-state index in [1.807, 2.05) is 4.90 Å². The molecule has 2 aliphatic rings. The summed E-state index contributed by atoms with van der Waals surface area (Å²) in [5, 5.41) is 0.564. The Balaban J connectivity index is 1.80. The van der Waals surface area contributed by atoms with Crippen molar-refractivity contribution in [3.63, 3.8) is 0 Å². The van der Waals surface area contributed by atoms with E-state index in [0.717, 1.165) is 19.6 Å². The van der Waals surface area contributed by atoms with Crippen LogP contribution >= 0.6 is 11.6 Å². The standard InChI is InChI=1S/C15H19ClN2O2/c1-20-14-5-4-11(16)9-13(14)15(19)18-8-7-17-6-2-3-12(17)10-18/h4-5,9,12H,2-3,6-8,10H2,1H3/t12-/m0/s1. The first kappa shape index (κ1) is 13.7. The molecule has 1 aromatic carbocycles. The SMILES string of the molecule is COc1ccc(Cl)cc1C(=O)N1CCN2CCC[C@H]2C1. The van der Waals surface area contributed by atoms with Crippen LogP contribution in [0.5, 0.6) is 5.75 Å². The molecule has 5 heteroatoms. The van der Waals surface area contributed by atoms with E-state index >= 15 is 0 Å². The van der Waals surface area contributed by atoms with Crippen LogP contribution in [0.2, 0.25) is 5.02 Å². The van der Waals surface area contributed by atoms with Gasteiger partial charge < -0.3 is 9.64 Å². The first-order valence-corrected chi connectivity index (χ1v) is 7.43. The van der Waals surface area contributed by atoms with Gasteiger partial charge in [-0.25, -0.2) is 0 Å². The third kappa shape index (κ3) is 2.50. The molecule has 0 unspecified atom stereocenters. The van der Waals surface area contributed by atoms with Gasteiger partial charge in [-0.05, 0) is 37.6 Å². The Hall–Kier alpha value is -1.26. The number of piperazine rings is 1. The Morgan fingerprint density at radius 3 is 3.00 bits per heavy atom. The largest absolute Gasteiger partial charge is 0.496 e. The second-order valence-electron chi connectivity index (χ2n) is 5.43. The van der Waals surface area contributed by atoms with E-state index in [-0.39, 0.29) is 5.91 Å². The van der Waals surface area contributed by atoms with Crippen LogP contribution in [-0.4, -0.2) is 55.0 Å². The minimum Gasteiger partial charge on any atom is -0.496 e. The summed E-state index contributed by atoms with van der Waals surface area (Å²) < 4.78 is 5.28. The number of carbonyl (C=O) groups is 1. The van der Waals surface area contributed by atoms with Crippen molar-refractivity contribution < 1.29 is 9.53 Å². The summed E-state index contributed by atoms with van der Waals surface area (Å²) in [5.41, 5.74) is 0.562. The summed E-state index contributed by atoms with van der Waals surface area (Å²) in [6.45, 7) is 3.74. The van der Waals surface area contributed by atoms with Crippen LogP contribution in [-0.2, 0) is 0 Å². The molecular weight excluding hydrogens is 276 g/mol. The molecule has 108 valence electrons. The van der Waals surface area contributed by atoms with Gasteiger partial charge in [-0.3, -0.25) is 9.69 Å². The molecule has 0 aromatic heterocycles. The van der Waals surface area contributed by atoms with E-state index < -0.39 is 0 Å². The first-order chi connectivity index (χ1) is 9.69. The number of carbonyl (C=O) groups excluding carboxylic acids is 1. The lowest BCUT2D eigenvalue weighted by Gasteiger charge is -2.37. The van der Waals surface area contributed by atoms with Gasteiger partial charge >= 0.3 is 0 Å². The van der Waals surface area contributed by atoms with Crippen LogP contribution in [0.4, 0.5) is 0 Å². The summed E-state index contributed by atoms with van der Waals surface area (Å²) in [5.74, 6) is 0.615. The average Bonchev–Trinajstić information content (AvgIpc) is 2.93. The molecule has 1 aromatic rings. The zero-order valence-electron chi connectivity index (χ0n) is 11.6. The second-order valence-corrected chi connectivity index (χ2v) is 5.86. The molecule has 2 saturated heterocycles. The molecule has 0 aliphatic carbocycles. The maximum atomic E-state index is 12.7. The van der Waals surface area contributed by atoms with Crippen molar-refractivity contribution in [3.05, 3.63) is 28.8 Å². The van der Waals surface area contributed by atoms with Gasteiger partial charge in [0.15, 0.2) is 0 Å². The lowest BCUT2D eigenvalue weighted by atomic mass is 10.1. The molecule has 0 saturated carbocycles. The van der Waals surface area contributed by atoms with Gasteiger partial charge in [0, 0.05) is 30.7 Å². The third-order valence-electron chi connectivity index (χ3n) is 4.27. The fourth-order valence-electron chi connectivity index (χ4n) is 3.19. The number of rotatable bonds is 2. The van der Waals surface area contributed by atoms with Crippen molar-refractivity contribution in [1.82, 2.24) is 9.80 Å². The molecule has 1 atom stereocenters.